The van der Waals surface area contributed by atoms with E-state index in [-0.39, 0.29) is 12.0 Å². The van der Waals surface area contributed by atoms with Crippen LogP contribution < -0.4 is 0 Å². The first kappa shape index (κ1) is 15.5. The molecule has 0 spiro atoms. The number of nitrogens with zero attached hydrogens (tertiary/aromatic N) is 2. The molecule has 6 nitrogen and oxygen atoms in total. The normalized spacial score (nSPS) is 10.5. The largest absolute Gasteiger partial charge is 0.381 e. The van der Waals surface area contributed by atoms with Gasteiger partial charge in [-0.15, -0.1) is 0 Å². The SMILES string of the molecule is O=[N+]([O-])c1c(F)ccc(CCc2ccc(F)cc2)c1[N+](=O)[O-]. The van der Waals surface area contributed by atoms with Crippen molar-refractivity contribution in [2.45, 2.75) is 12.8 Å². The number of nitro benzene ring substituents is 2. The molecule has 0 saturated carbocycles. The summed E-state index contributed by atoms with van der Waals surface area (Å²) >= 11 is 0. The molecule has 0 heterocycles. The van der Waals surface area contributed by atoms with E-state index in [1.165, 1.54) is 24.3 Å². The molecule has 0 atom stereocenters. The Morgan fingerprint density at radius 3 is 1.95 bits per heavy atom. The van der Waals surface area contributed by atoms with Crippen LogP contribution in [0, 0.1) is 31.9 Å². The number of benzene rings is 2. The molecule has 114 valence electrons. The molecular weight excluding hydrogens is 298 g/mol. The van der Waals surface area contributed by atoms with Gasteiger partial charge in [0.2, 0.25) is 5.82 Å². The number of hydrogen-bond donors (Lipinski definition) is 0. The molecule has 0 aliphatic carbocycles. The van der Waals surface area contributed by atoms with Crippen LogP contribution in [0.4, 0.5) is 20.2 Å². The van der Waals surface area contributed by atoms with Gasteiger partial charge < -0.3 is 0 Å². The highest BCUT2D eigenvalue weighted by atomic mass is 19.1. The molecule has 0 N–H and O–H groups in total. The molecule has 22 heavy (non-hydrogen) atoms. The Morgan fingerprint density at radius 2 is 1.41 bits per heavy atom. The van der Waals surface area contributed by atoms with Crippen molar-refractivity contribution in [3.05, 3.63) is 79.4 Å². The van der Waals surface area contributed by atoms with E-state index in [1.807, 2.05) is 0 Å². The number of rotatable bonds is 5. The highest BCUT2D eigenvalue weighted by Gasteiger charge is 2.32. The minimum atomic E-state index is -1.25. The molecule has 0 aromatic heterocycles. The summed E-state index contributed by atoms with van der Waals surface area (Å²) in [5.74, 6) is -1.66. The highest BCUT2D eigenvalue weighted by molar-refractivity contribution is 5.58. The second-order valence-electron chi connectivity index (χ2n) is 4.54. The third-order valence-electron chi connectivity index (χ3n) is 3.15. The van der Waals surface area contributed by atoms with E-state index in [4.69, 9.17) is 0 Å². The van der Waals surface area contributed by atoms with Gasteiger partial charge in [0, 0.05) is 5.56 Å². The van der Waals surface area contributed by atoms with Crippen LogP contribution in [-0.2, 0) is 12.8 Å². The van der Waals surface area contributed by atoms with Gasteiger partial charge in [0.25, 0.3) is 0 Å². The standard InChI is InChI=1S/C14H10F2N2O4/c15-11-6-2-9(3-7-11)1-4-10-5-8-12(16)14(18(21)22)13(10)17(19)20/h2-3,5-8H,1,4H2. The second kappa shape index (κ2) is 6.25. The molecule has 0 amide bonds. The fourth-order valence-corrected chi connectivity index (χ4v) is 2.11. The number of hydrogen-bond acceptors (Lipinski definition) is 4. The van der Waals surface area contributed by atoms with Crippen LogP contribution in [0.15, 0.2) is 36.4 Å². The molecule has 0 fully saturated rings. The van der Waals surface area contributed by atoms with Gasteiger partial charge in [0.05, 0.1) is 9.85 Å². The van der Waals surface area contributed by atoms with Gasteiger partial charge in [-0.05, 0) is 42.7 Å². The van der Waals surface area contributed by atoms with Crippen molar-refractivity contribution in [3.8, 4) is 0 Å². The zero-order valence-corrected chi connectivity index (χ0v) is 11.2. The van der Waals surface area contributed by atoms with E-state index in [0.29, 0.717) is 12.0 Å². The molecule has 0 radical (unpaired) electrons. The lowest BCUT2D eigenvalue weighted by molar-refractivity contribution is -0.424. The molecule has 0 saturated heterocycles. The number of aryl methyl sites for hydroxylation is 2. The van der Waals surface area contributed by atoms with Gasteiger partial charge in [-0.1, -0.05) is 12.1 Å². The van der Waals surface area contributed by atoms with Gasteiger partial charge in [0.1, 0.15) is 5.82 Å². The van der Waals surface area contributed by atoms with Crippen molar-refractivity contribution >= 4 is 11.4 Å². The maximum Gasteiger partial charge on any atom is 0.381 e. The summed E-state index contributed by atoms with van der Waals surface area (Å²) in [6, 6.07) is 7.51. The van der Waals surface area contributed by atoms with E-state index in [2.05, 4.69) is 0 Å². The smallest absolute Gasteiger partial charge is 0.258 e. The molecule has 2 rings (SSSR count). The zero-order chi connectivity index (χ0) is 16.3. The fraction of sp³-hybridized carbons (Fsp3) is 0.143. The van der Waals surface area contributed by atoms with E-state index in [1.54, 1.807) is 0 Å². The molecule has 8 heteroatoms. The lowest BCUT2D eigenvalue weighted by Crippen LogP contribution is -2.04. The van der Waals surface area contributed by atoms with Crippen molar-refractivity contribution in [1.29, 1.82) is 0 Å². The van der Waals surface area contributed by atoms with E-state index >= 15 is 0 Å². The number of halogens is 2. The Hall–Kier alpha value is -2.90. The minimum Gasteiger partial charge on any atom is -0.258 e. The van der Waals surface area contributed by atoms with E-state index in [9.17, 15) is 29.0 Å². The van der Waals surface area contributed by atoms with Crippen LogP contribution in [0.3, 0.4) is 0 Å². The monoisotopic (exact) mass is 308 g/mol. The molecule has 0 bridgehead atoms. The van der Waals surface area contributed by atoms with Gasteiger partial charge in [-0.2, -0.15) is 4.39 Å². The van der Waals surface area contributed by atoms with Crippen LogP contribution in [0.5, 0.6) is 0 Å². The predicted molar refractivity (Wildman–Crippen MR) is 73.5 cm³/mol. The van der Waals surface area contributed by atoms with E-state index in [0.717, 1.165) is 12.1 Å². The lowest BCUT2D eigenvalue weighted by atomic mass is 10.0. The van der Waals surface area contributed by atoms with Gasteiger partial charge in [0.15, 0.2) is 0 Å². The topological polar surface area (TPSA) is 86.3 Å². The highest BCUT2D eigenvalue weighted by Crippen LogP contribution is 2.33. The maximum atomic E-state index is 13.5. The van der Waals surface area contributed by atoms with Gasteiger partial charge in [-0.25, -0.2) is 4.39 Å². The third-order valence-corrected chi connectivity index (χ3v) is 3.15. The quantitative estimate of drug-likeness (QED) is 0.624. The van der Waals surface area contributed by atoms with Crippen LogP contribution in [-0.4, -0.2) is 9.85 Å². The van der Waals surface area contributed by atoms with Crippen molar-refractivity contribution < 1.29 is 18.6 Å². The minimum absolute atomic E-state index is 0.0578. The maximum absolute atomic E-state index is 13.5. The summed E-state index contributed by atoms with van der Waals surface area (Å²) in [7, 11) is 0. The van der Waals surface area contributed by atoms with Crippen molar-refractivity contribution in [2.24, 2.45) is 0 Å². The Kier molecular flexibility index (Phi) is 4.40. The van der Waals surface area contributed by atoms with Crippen LogP contribution >= 0.6 is 0 Å². The Morgan fingerprint density at radius 1 is 0.818 bits per heavy atom. The molecule has 0 aliphatic rings. The average Bonchev–Trinajstić information content (AvgIpc) is 2.46. The summed E-state index contributed by atoms with van der Waals surface area (Å²) in [6.45, 7) is 0. The summed E-state index contributed by atoms with van der Waals surface area (Å²) in [5, 5.41) is 21.9. The predicted octanol–water partition coefficient (Wildman–Crippen LogP) is 3.57. The summed E-state index contributed by atoms with van der Waals surface area (Å²) in [4.78, 5) is 19.8. The van der Waals surface area contributed by atoms with Crippen molar-refractivity contribution in [1.82, 2.24) is 0 Å². The summed E-state index contributed by atoms with van der Waals surface area (Å²) in [5.41, 5.74) is -1.21. The van der Waals surface area contributed by atoms with Crippen LogP contribution in [0.2, 0.25) is 0 Å². The Balaban J connectivity index is 2.34. The van der Waals surface area contributed by atoms with Gasteiger partial charge >= 0.3 is 11.4 Å². The second-order valence-corrected chi connectivity index (χ2v) is 4.54. The molecule has 0 aliphatic heterocycles. The first-order valence-electron chi connectivity index (χ1n) is 6.24. The molecule has 2 aromatic carbocycles. The van der Waals surface area contributed by atoms with Crippen molar-refractivity contribution in [3.63, 3.8) is 0 Å². The fourth-order valence-electron chi connectivity index (χ4n) is 2.11. The van der Waals surface area contributed by atoms with Crippen LogP contribution in [0.1, 0.15) is 11.1 Å². The Labute approximate surface area is 123 Å². The Bertz CT molecular complexity index is 732. The number of nitro groups is 2. The summed E-state index contributed by atoms with van der Waals surface area (Å²) < 4.78 is 26.3. The van der Waals surface area contributed by atoms with Crippen LogP contribution in [0.25, 0.3) is 0 Å². The first-order valence-corrected chi connectivity index (χ1v) is 6.24. The van der Waals surface area contributed by atoms with Crippen molar-refractivity contribution in [2.75, 3.05) is 0 Å². The lowest BCUT2D eigenvalue weighted by Gasteiger charge is -2.05. The zero-order valence-electron chi connectivity index (χ0n) is 11.2. The molecule has 0 unspecified atom stereocenters. The van der Waals surface area contributed by atoms with E-state index < -0.39 is 32.9 Å². The summed E-state index contributed by atoms with van der Waals surface area (Å²) in [6.07, 6.45) is 0.410. The molecular formula is C14H10F2N2O4. The molecule has 2 aromatic rings. The average molecular weight is 308 g/mol. The third kappa shape index (κ3) is 3.22. The van der Waals surface area contributed by atoms with Gasteiger partial charge in [-0.3, -0.25) is 20.2 Å². The first-order chi connectivity index (χ1) is 10.4.